The van der Waals surface area contributed by atoms with Crippen molar-refractivity contribution in [3.63, 3.8) is 0 Å². The Morgan fingerprint density at radius 2 is 1.89 bits per heavy atom. The molecule has 0 unspecified atom stereocenters. The molecule has 0 bridgehead atoms. The van der Waals surface area contributed by atoms with E-state index in [-0.39, 0.29) is 11.9 Å². The van der Waals surface area contributed by atoms with Gasteiger partial charge < -0.3 is 15.1 Å². The van der Waals surface area contributed by atoms with E-state index in [0.717, 1.165) is 34.8 Å². The largest absolute Gasteiger partial charge is 0.456 e. The molecule has 3 aromatic heterocycles. The van der Waals surface area contributed by atoms with E-state index in [4.69, 9.17) is 15.1 Å². The van der Waals surface area contributed by atoms with Crippen molar-refractivity contribution in [2.75, 3.05) is 13.1 Å². The number of benzene rings is 1. The van der Waals surface area contributed by atoms with Gasteiger partial charge in [-0.3, -0.25) is 9.78 Å². The van der Waals surface area contributed by atoms with Gasteiger partial charge in [-0.1, -0.05) is 18.2 Å². The Morgan fingerprint density at radius 3 is 2.71 bits per heavy atom. The van der Waals surface area contributed by atoms with Gasteiger partial charge in [0.15, 0.2) is 0 Å². The summed E-state index contributed by atoms with van der Waals surface area (Å²) < 4.78 is 6.00. The van der Waals surface area contributed by atoms with Crippen LogP contribution in [0.15, 0.2) is 59.3 Å². The Balaban J connectivity index is 1.57. The predicted molar refractivity (Wildman–Crippen MR) is 108 cm³/mol. The van der Waals surface area contributed by atoms with Gasteiger partial charge in [-0.25, -0.2) is 4.98 Å². The number of amides is 1. The van der Waals surface area contributed by atoms with Crippen LogP contribution >= 0.6 is 0 Å². The number of fused-ring (bicyclic) bond motifs is 2. The normalized spacial score (nSPS) is 15.4. The number of nitrogens with two attached hydrogens (primary N) is 1. The van der Waals surface area contributed by atoms with Crippen LogP contribution in [0.3, 0.4) is 0 Å². The minimum absolute atomic E-state index is 0.0545. The summed E-state index contributed by atoms with van der Waals surface area (Å²) in [5, 5.41) is 1.89. The fraction of sp³-hybridized carbons (Fsp3) is 0.227. The van der Waals surface area contributed by atoms with E-state index < -0.39 is 0 Å². The number of furan rings is 1. The molecule has 6 heteroatoms. The number of rotatable bonds is 2. The summed E-state index contributed by atoms with van der Waals surface area (Å²) in [5.74, 6) is 0.640. The summed E-state index contributed by atoms with van der Waals surface area (Å²) in [7, 11) is 0. The Kier molecular flexibility index (Phi) is 4.06. The minimum atomic E-state index is -0.0545. The monoisotopic (exact) mass is 372 g/mol. The molecule has 1 saturated heterocycles. The van der Waals surface area contributed by atoms with Gasteiger partial charge in [-0.05, 0) is 37.1 Å². The molecular formula is C22H20N4O2. The molecule has 2 N–H and O–H groups in total. The van der Waals surface area contributed by atoms with Crippen molar-refractivity contribution in [2.45, 2.75) is 18.9 Å². The van der Waals surface area contributed by atoms with Crippen LogP contribution in [0.4, 0.5) is 0 Å². The van der Waals surface area contributed by atoms with Gasteiger partial charge in [0, 0.05) is 42.3 Å². The van der Waals surface area contributed by atoms with E-state index in [9.17, 15) is 4.79 Å². The number of nitrogens with zero attached hydrogens (tertiary/aromatic N) is 3. The van der Waals surface area contributed by atoms with Gasteiger partial charge in [0.2, 0.25) is 0 Å². The molecule has 1 amide bonds. The summed E-state index contributed by atoms with van der Waals surface area (Å²) >= 11 is 0. The highest BCUT2D eigenvalue weighted by Gasteiger charge is 2.23. The Morgan fingerprint density at radius 1 is 1.07 bits per heavy atom. The van der Waals surface area contributed by atoms with Crippen molar-refractivity contribution < 1.29 is 9.21 Å². The molecule has 1 aliphatic rings. The van der Waals surface area contributed by atoms with E-state index in [2.05, 4.69) is 4.98 Å². The number of carbonyl (C=O) groups is 1. The molecule has 0 saturated carbocycles. The highest BCUT2D eigenvalue weighted by Crippen LogP contribution is 2.31. The van der Waals surface area contributed by atoms with Crippen LogP contribution in [0, 0.1) is 0 Å². The molecular weight excluding hydrogens is 352 g/mol. The smallest absolute Gasteiger partial charge is 0.272 e. The Bertz CT molecular complexity index is 1140. The second-order valence-electron chi connectivity index (χ2n) is 7.23. The van der Waals surface area contributed by atoms with Crippen LogP contribution in [0.25, 0.3) is 33.2 Å². The van der Waals surface area contributed by atoms with Crippen LogP contribution in [-0.2, 0) is 0 Å². The first-order chi connectivity index (χ1) is 13.7. The number of aromatic nitrogens is 2. The van der Waals surface area contributed by atoms with Crippen molar-refractivity contribution in [2.24, 2.45) is 5.73 Å². The summed E-state index contributed by atoms with van der Waals surface area (Å²) in [6.07, 6.45) is 5.14. The number of carbonyl (C=O) groups excluding carboxylic acids is 1. The summed E-state index contributed by atoms with van der Waals surface area (Å²) in [6, 6.07) is 13.7. The maximum absolute atomic E-state index is 12.9. The lowest BCUT2D eigenvalue weighted by Crippen LogP contribution is -2.43. The molecule has 4 heterocycles. The molecule has 0 spiro atoms. The zero-order chi connectivity index (χ0) is 19.1. The number of pyridine rings is 2. The van der Waals surface area contributed by atoms with E-state index in [0.29, 0.717) is 30.1 Å². The van der Waals surface area contributed by atoms with Crippen LogP contribution in [0.5, 0.6) is 0 Å². The van der Waals surface area contributed by atoms with Gasteiger partial charge in [0.05, 0.1) is 11.1 Å². The molecule has 5 rings (SSSR count). The average molecular weight is 372 g/mol. The van der Waals surface area contributed by atoms with Gasteiger partial charge >= 0.3 is 0 Å². The third kappa shape index (κ3) is 2.92. The molecule has 28 heavy (non-hydrogen) atoms. The van der Waals surface area contributed by atoms with Crippen LogP contribution in [0.2, 0.25) is 0 Å². The lowest BCUT2D eigenvalue weighted by atomic mass is 10.1. The molecule has 140 valence electrons. The van der Waals surface area contributed by atoms with E-state index in [1.54, 1.807) is 18.5 Å². The van der Waals surface area contributed by atoms with Crippen LogP contribution in [0.1, 0.15) is 23.3 Å². The zero-order valence-corrected chi connectivity index (χ0v) is 15.3. The zero-order valence-electron chi connectivity index (χ0n) is 15.3. The molecule has 1 aromatic carbocycles. The quantitative estimate of drug-likeness (QED) is 0.581. The standard InChI is InChI=1S/C22H20N4O2/c23-16-7-9-26(10-8-16)22(27)18-6-5-15-12-24-13-17(21(15)25-18)20-11-14-3-1-2-4-19(14)28-20/h1-6,11-13,16H,7-10,23H2. The van der Waals surface area contributed by atoms with Crippen molar-refractivity contribution in [1.29, 1.82) is 0 Å². The first kappa shape index (κ1) is 16.9. The maximum atomic E-state index is 12.9. The first-order valence-electron chi connectivity index (χ1n) is 9.47. The van der Waals surface area contributed by atoms with E-state index in [1.165, 1.54) is 0 Å². The Labute approximate surface area is 162 Å². The molecule has 6 nitrogen and oxygen atoms in total. The molecule has 0 atom stereocenters. The van der Waals surface area contributed by atoms with Crippen LogP contribution in [-0.4, -0.2) is 39.9 Å². The number of para-hydroxylation sites is 1. The summed E-state index contributed by atoms with van der Waals surface area (Å²) in [6.45, 7) is 1.35. The molecule has 1 aliphatic heterocycles. The van der Waals surface area contributed by atoms with Crippen molar-refractivity contribution in [3.8, 4) is 11.3 Å². The number of hydrogen-bond acceptors (Lipinski definition) is 5. The number of hydrogen-bond donors (Lipinski definition) is 1. The fourth-order valence-electron chi connectivity index (χ4n) is 3.72. The fourth-order valence-corrected chi connectivity index (χ4v) is 3.72. The Hall–Kier alpha value is -3.25. The lowest BCUT2D eigenvalue weighted by Gasteiger charge is -2.29. The maximum Gasteiger partial charge on any atom is 0.272 e. The highest BCUT2D eigenvalue weighted by molar-refractivity contribution is 5.99. The predicted octanol–water partition coefficient (Wildman–Crippen LogP) is 3.61. The van der Waals surface area contributed by atoms with Crippen LogP contribution < -0.4 is 5.73 Å². The van der Waals surface area contributed by atoms with Crippen molar-refractivity contribution >= 4 is 27.8 Å². The van der Waals surface area contributed by atoms with Gasteiger partial charge in [-0.2, -0.15) is 0 Å². The average Bonchev–Trinajstić information content (AvgIpc) is 3.17. The number of piperidine rings is 1. The second-order valence-corrected chi connectivity index (χ2v) is 7.23. The van der Waals surface area contributed by atoms with E-state index >= 15 is 0 Å². The molecule has 0 radical (unpaired) electrons. The van der Waals surface area contributed by atoms with Gasteiger partial charge in [-0.15, -0.1) is 0 Å². The molecule has 4 aromatic rings. The molecule has 1 fully saturated rings. The van der Waals surface area contributed by atoms with Crippen molar-refractivity contribution in [3.05, 3.63) is 60.6 Å². The van der Waals surface area contributed by atoms with E-state index in [1.807, 2.05) is 41.3 Å². The highest BCUT2D eigenvalue weighted by atomic mass is 16.3. The van der Waals surface area contributed by atoms with Crippen molar-refractivity contribution in [1.82, 2.24) is 14.9 Å². The molecule has 0 aliphatic carbocycles. The van der Waals surface area contributed by atoms with Gasteiger partial charge in [0.25, 0.3) is 5.91 Å². The summed E-state index contributed by atoms with van der Waals surface area (Å²) in [5.41, 5.74) is 8.70. The second kappa shape index (κ2) is 6.73. The minimum Gasteiger partial charge on any atom is -0.456 e. The lowest BCUT2D eigenvalue weighted by molar-refractivity contribution is 0.0709. The first-order valence-corrected chi connectivity index (χ1v) is 9.47. The topological polar surface area (TPSA) is 85.2 Å². The third-order valence-corrected chi connectivity index (χ3v) is 5.34. The SMILES string of the molecule is NC1CCN(C(=O)c2ccc3cncc(-c4cc5ccccc5o4)c3n2)CC1. The third-order valence-electron chi connectivity index (χ3n) is 5.34. The number of likely N-dealkylation sites (tertiary alicyclic amines) is 1. The van der Waals surface area contributed by atoms with Gasteiger partial charge in [0.1, 0.15) is 17.0 Å². The summed E-state index contributed by atoms with van der Waals surface area (Å²) in [4.78, 5) is 23.8.